The molecule has 6 heteroatoms. The van der Waals surface area contributed by atoms with E-state index in [2.05, 4.69) is 10.3 Å². The number of hydrogen-bond donors (Lipinski definition) is 0. The predicted octanol–water partition coefficient (Wildman–Crippen LogP) is 2.31. The van der Waals surface area contributed by atoms with Crippen molar-refractivity contribution in [1.82, 2.24) is 15.1 Å². The summed E-state index contributed by atoms with van der Waals surface area (Å²) in [5.41, 5.74) is 0.939. The van der Waals surface area contributed by atoms with Crippen LogP contribution >= 0.6 is 0 Å². The summed E-state index contributed by atoms with van der Waals surface area (Å²) in [7, 11) is 0. The lowest BCUT2D eigenvalue weighted by molar-refractivity contribution is 0.0665. The fourth-order valence-electron chi connectivity index (χ4n) is 1.63. The molecule has 2 aromatic heterocycles. The summed E-state index contributed by atoms with van der Waals surface area (Å²) in [5.74, 6) is 0.0235. The zero-order valence-electron chi connectivity index (χ0n) is 9.86. The quantitative estimate of drug-likeness (QED) is 0.721. The van der Waals surface area contributed by atoms with Gasteiger partial charge in [-0.05, 0) is 18.2 Å². The molecule has 3 rings (SSSR count). The summed E-state index contributed by atoms with van der Waals surface area (Å²) in [5, 5.41) is 7.71. The van der Waals surface area contributed by atoms with E-state index in [-0.39, 0.29) is 12.4 Å². The van der Waals surface area contributed by atoms with Crippen LogP contribution in [0.15, 0.2) is 53.3 Å². The molecule has 3 aromatic rings. The molecule has 0 radical (unpaired) electrons. The van der Waals surface area contributed by atoms with Gasteiger partial charge in [-0.2, -0.15) is 0 Å². The van der Waals surface area contributed by atoms with E-state index in [0.29, 0.717) is 17.0 Å². The number of benzene rings is 1. The molecule has 0 spiro atoms. The Morgan fingerprint density at radius 1 is 1.26 bits per heavy atom. The van der Waals surface area contributed by atoms with Crippen molar-refractivity contribution in [3.05, 3.63) is 60.3 Å². The minimum absolute atomic E-state index is 0.194. The van der Waals surface area contributed by atoms with E-state index >= 15 is 0 Å². The van der Waals surface area contributed by atoms with Gasteiger partial charge in [0, 0.05) is 6.07 Å². The van der Waals surface area contributed by atoms with Crippen molar-refractivity contribution in [1.29, 1.82) is 0 Å². The highest BCUT2D eigenvalue weighted by Gasteiger charge is 2.11. The van der Waals surface area contributed by atoms with Crippen molar-refractivity contribution in [3.63, 3.8) is 0 Å². The summed E-state index contributed by atoms with van der Waals surface area (Å²) < 4.78 is 18.7. The van der Waals surface area contributed by atoms with E-state index in [1.807, 2.05) is 0 Å². The Kier molecular flexibility index (Phi) is 2.97. The summed E-state index contributed by atoms with van der Waals surface area (Å²) in [4.78, 5) is 6.62. The molecular weight excluding hydrogens is 249 g/mol. The van der Waals surface area contributed by atoms with Crippen LogP contribution in [0.25, 0.3) is 11.3 Å². The number of halogens is 1. The molecule has 0 bridgehead atoms. The predicted molar refractivity (Wildman–Crippen MR) is 64.4 cm³/mol. The molecule has 0 saturated carbocycles. The van der Waals surface area contributed by atoms with Gasteiger partial charge >= 0.3 is 0 Å². The first-order valence-corrected chi connectivity index (χ1v) is 5.66. The Morgan fingerprint density at radius 2 is 2.16 bits per heavy atom. The van der Waals surface area contributed by atoms with Gasteiger partial charge in [0.2, 0.25) is 0 Å². The van der Waals surface area contributed by atoms with Crippen LogP contribution in [-0.2, 0) is 6.61 Å². The maximum atomic E-state index is 13.6. The van der Waals surface area contributed by atoms with Crippen LogP contribution in [0, 0.1) is 5.82 Å². The van der Waals surface area contributed by atoms with Gasteiger partial charge in [0.15, 0.2) is 12.4 Å². The van der Waals surface area contributed by atoms with Crippen LogP contribution in [0.5, 0.6) is 0 Å². The third-order valence-corrected chi connectivity index (χ3v) is 2.52. The van der Waals surface area contributed by atoms with Gasteiger partial charge in [0.05, 0.1) is 18.0 Å². The fraction of sp³-hybridized carbons (Fsp3) is 0.0769. The van der Waals surface area contributed by atoms with E-state index in [0.717, 1.165) is 0 Å². The third-order valence-electron chi connectivity index (χ3n) is 2.52. The average molecular weight is 259 g/mol. The molecule has 96 valence electrons. The topological polar surface area (TPSA) is 53.1 Å². The minimum Gasteiger partial charge on any atom is -0.390 e. The lowest BCUT2D eigenvalue weighted by Crippen LogP contribution is -2.11. The lowest BCUT2D eigenvalue weighted by atomic mass is 10.1. The summed E-state index contributed by atoms with van der Waals surface area (Å²) in [6.45, 7) is 0.194. The van der Waals surface area contributed by atoms with Crippen molar-refractivity contribution in [2.45, 2.75) is 6.61 Å². The standard InChI is InChI=1S/C13H10FN3O2/c14-12-5-2-1-4-11(12)13-8-10(16-19-13)9-18-17-7-3-6-15-17/h1-8H,9H2. The van der Waals surface area contributed by atoms with Crippen LogP contribution in [0.2, 0.25) is 0 Å². The smallest absolute Gasteiger partial charge is 0.170 e. The van der Waals surface area contributed by atoms with Gasteiger partial charge in [0.1, 0.15) is 11.5 Å². The number of rotatable bonds is 4. The number of nitrogens with zero attached hydrogens (tertiary/aromatic N) is 3. The van der Waals surface area contributed by atoms with E-state index in [9.17, 15) is 4.39 Å². The molecule has 5 nitrogen and oxygen atoms in total. The molecule has 0 aliphatic rings. The SMILES string of the molecule is Fc1ccccc1-c1cc(COn2cccn2)no1. The first kappa shape index (κ1) is 11.5. The van der Waals surface area contributed by atoms with Crippen molar-refractivity contribution in [2.24, 2.45) is 0 Å². The summed E-state index contributed by atoms with van der Waals surface area (Å²) >= 11 is 0. The van der Waals surface area contributed by atoms with Crippen molar-refractivity contribution >= 4 is 0 Å². The van der Waals surface area contributed by atoms with Gasteiger partial charge in [-0.1, -0.05) is 17.3 Å². The Balaban J connectivity index is 1.75. The van der Waals surface area contributed by atoms with Gasteiger partial charge in [-0.25, -0.2) is 4.39 Å². The van der Waals surface area contributed by atoms with Gasteiger partial charge in [0.25, 0.3) is 0 Å². The molecule has 1 aromatic carbocycles. The van der Waals surface area contributed by atoms with Crippen molar-refractivity contribution in [2.75, 3.05) is 0 Å². The summed E-state index contributed by atoms with van der Waals surface area (Å²) in [6.07, 6.45) is 3.27. The first-order chi connectivity index (χ1) is 9.33. The van der Waals surface area contributed by atoms with Crippen LogP contribution in [0.4, 0.5) is 4.39 Å². The van der Waals surface area contributed by atoms with Gasteiger partial charge in [-0.15, -0.1) is 9.94 Å². The Bertz CT molecular complexity index is 664. The summed E-state index contributed by atoms with van der Waals surface area (Å²) in [6, 6.07) is 9.75. The molecule has 0 unspecified atom stereocenters. The second kappa shape index (κ2) is 4.93. The zero-order valence-corrected chi connectivity index (χ0v) is 9.86. The molecule has 2 heterocycles. The Labute approximate surface area is 108 Å². The highest BCUT2D eigenvalue weighted by Crippen LogP contribution is 2.23. The minimum atomic E-state index is -0.349. The van der Waals surface area contributed by atoms with Gasteiger partial charge < -0.3 is 9.36 Å². The van der Waals surface area contributed by atoms with Crippen molar-refractivity contribution in [3.8, 4) is 11.3 Å². The molecule has 0 aliphatic carbocycles. The highest BCUT2D eigenvalue weighted by atomic mass is 19.1. The maximum Gasteiger partial charge on any atom is 0.170 e. The normalized spacial score (nSPS) is 10.6. The van der Waals surface area contributed by atoms with E-state index < -0.39 is 0 Å². The van der Waals surface area contributed by atoms with E-state index in [4.69, 9.17) is 9.36 Å². The molecular formula is C13H10FN3O2. The van der Waals surface area contributed by atoms with E-state index in [1.54, 1.807) is 42.7 Å². The highest BCUT2D eigenvalue weighted by molar-refractivity contribution is 5.57. The average Bonchev–Trinajstić information content (AvgIpc) is 3.08. The monoisotopic (exact) mass is 259 g/mol. The van der Waals surface area contributed by atoms with Crippen LogP contribution < -0.4 is 4.84 Å². The first-order valence-electron chi connectivity index (χ1n) is 5.66. The van der Waals surface area contributed by atoms with Crippen LogP contribution in [0.1, 0.15) is 5.69 Å². The van der Waals surface area contributed by atoms with E-state index in [1.165, 1.54) is 10.9 Å². The second-order valence-corrected chi connectivity index (χ2v) is 3.84. The van der Waals surface area contributed by atoms with Crippen LogP contribution in [0.3, 0.4) is 0 Å². The molecule has 0 fully saturated rings. The second-order valence-electron chi connectivity index (χ2n) is 3.84. The number of aromatic nitrogens is 3. The molecule has 0 aliphatic heterocycles. The molecule has 19 heavy (non-hydrogen) atoms. The number of hydrogen-bond acceptors (Lipinski definition) is 4. The molecule has 0 amide bonds. The van der Waals surface area contributed by atoms with Crippen molar-refractivity contribution < 1.29 is 13.8 Å². The fourth-order valence-corrected chi connectivity index (χ4v) is 1.63. The zero-order chi connectivity index (χ0) is 13.1. The maximum absolute atomic E-state index is 13.6. The molecule has 0 atom stereocenters. The Hall–Kier alpha value is -2.63. The van der Waals surface area contributed by atoms with Gasteiger partial charge in [-0.3, -0.25) is 0 Å². The lowest BCUT2D eigenvalue weighted by Gasteiger charge is -2.00. The van der Waals surface area contributed by atoms with Crippen LogP contribution in [-0.4, -0.2) is 15.1 Å². The Morgan fingerprint density at radius 3 is 2.95 bits per heavy atom. The third kappa shape index (κ3) is 2.47. The molecule has 0 N–H and O–H groups in total. The largest absolute Gasteiger partial charge is 0.390 e. The molecule has 0 saturated heterocycles.